The summed E-state index contributed by atoms with van der Waals surface area (Å²) in [4.78, 5) is 32.1. The molecule has 0 saturated carbocycles. The molecule has 1 aromatic rings. The normalized spacial score (nSPS) is 16.4. The third-order valence-electron chi connectivity index (χ3n) is 2.76. The highest BCUT2D eigenvalue weighted by Gasteiger charge is 2.35. The van der Waals surface area contributed by atoms with E-state index in [1.165, 1.54) is 0 Å². The van der Waals surface area contributed by atoms with E-state index in [4.69, 9.17) is 4.74 Å². The van der Waals surface area contributed by atoms with Crippen LogP contribution in [0.5, 0.6) is 0 Å². The third-order valence-corrected chi connectivity index (χ3v) is 2.76. The molecule has 0 unspecified atom stereocenters. The van der Waals surface area contributed by atoms with Gasteiger partial charge in [0.1, 0.15) is 12.3 Å². The average molecular weight is 281 g/mol. The van der Waals surface area contributed by atoms with Crippen LogP contribution in [0.3, 0.4) is 0 Å². The molecule has 0 spiro atoms. The van der Waals surface area contributed by atoms with E-state index in [0.717, 1.165) is 12.1 Å². The zero-order valence-corrected chi connectivity index (χ0v) is 10.7. The number of cyclic esters (lactones) is 1. The summed E-state index contributed by atoms with van der Waals surface area (Å²) < 4.78 is 4.97. The SMILES string of the molecule is CC1(C)COC(=O)c2cc([N+](=O)[O-])cc([N+](=O)[O-])c2N1. The van der Waals surface area contributed by atoms with Gasteiger partial charge in [-0.25, -0.2) is 4.79 Å². The van der Waals surface area contributed by atoms with E-state index in [1.807, 2.05) is 0 Å². The minimum atomic E-state index is -0.829. The van der Waals surface area contributed by atoms with E-state index in [2.05, 4.69) is 5.32 Å². The quantitative estimate of drug-likeness (QED) is 0.498. The number of non-ortho nitro benzene ring substituents is 1. The Kier molecular flexibility index (Phi) is 3.04. The van der Waals surface area contributed by atoms with E-state index in [9.17, 15) is 25.0 Å². The lowest BCUT2D eigenvalue weighted by atomic mass is 10.0. The number of hydrogen-bond acceptors (Lipinski definition) is 7. The highest BCUT2D eigenvalue weighted by atomic mass is 16.6. The van der Waals surface area contributed by atoms with E-state index in [0.29, 0.717) is 0 Å². The zero-order valence-electron chi connectivity index (χ0n) is 10.7. The average Bonchev–Trinajstić information content (AvgIpc) is 2.45. The molecule has 0 fully saturated rings. The number of rotatable bonds is 2. The third kappa shape index (κ3) is 2.37. The number of nitrogens with zero attached hydrogens (tertiary/aromatic N) is 2. The lowest BCUT2D eigenvalue weighted by molar-refractivity contribution is -0.393. The van der Waals surface area contributed by atoms with Crippen molar-refractivity contribution in [3.63, 3.8) is 0 Å². The van der Waals surface area contributed by atoms with Gasteiger partial charge in [0, 0.05) is 6.07 Å². The molecule has 0 saturated heterocycles. The summed E-state index contributed by atoms with van der Waals surface area (Å²) in [5.74, 6) is -0.829. The maximum atomic E-state index is 11.8. The second-order valence-corrected chi connectivity index (χ2v) is 4.99. The van der Waals surface area contributed by atoms with Crippen LogP contribution in [0.25, 0.3) is 0 Å². The molecule has 1 aliphatic heterocycles. The van der Waals surface area contributed by atoms with E-state index >= 15 is 0 Å². The van der Waals surface area contributed by atoms with Crippen LogP contribution >= 0.6 is 0 Å². The van der Waals surface area contributed by atoms with Crippen LogP contribution in [0, 0.1) is 20.2 Å². The van der Waals surface area contributed by atoms with Crippen LogP contribution in [0.2, 0.25) is 0 Å². The Hall–Kier alpha value is -2.71. The number of benzene rings is 1. The minimum Gasteiger partial charge on any atom is -0.460 e. The number of ether oxygens (including phenoxy) is 1. The molecule has 1 N–H and O–H groups in total. The van der Waals surface area contributed by atoms with Gasteiger partial charge in [-0.15, -0.1) is 0 Å². The molecule has 9 heteroatoms. The van der Waals surface area contributed by atoms with Gasteiger partial charge in [-0.3, -0.25) is 20.2 Å². The van der Waals surface area contributed by atoms with Gasteiger partial charge in [0.15, 0.2) is 0 Å². The second kappa shape index (κ2) is 4.44. The van der Waals surface area contributed by atoms with Gasteiger partial charge in [-0.05, 0) is 13.8 Å². The Bertz CT molecular complexity index is 625. The molecule has 0 amide bonds. The van der Waals surface area contributed by atoms with Gasteiger partial charge < -0.3 is 10.1 Å². The first kappa shape index (κ1) is 13.7. The molecule has 0 bridgehead atoms. The Balaban J connectivity index is 2.73. The fraction of sp³-hybridized carbons (Fsp3) is 0.364. The lowest BCUT2D eigenvalue weighted by Crippen LogP contribution is -2.35. The molecule has 0 aromatic heterocycles. The summed E-state index contributed by atoms with van der Waals surface area (Å²) in [5.41, 5.74) is -2.05. The fourth-order valence-corrected chi connectivity index (χ4v) is 1.85. The topological polar surface area (TPSA) is 125 Å². The first-order chi connectivity index (χ1) is 9.21. The van der Waals surface area contributed by atoms with Crippen LogP contribution in [0.1, 0.15) is 24.2 Å². The Morgan fingerprint density at radius 2 is 1.90 bits per heavy atom. The lowest BCUT2D eigenvalue weighted by Gasteiger charge is -2.23. The number of esters is 1. The number of nitrogens with one attached hydrogen (secondary N) is 1. The van der Waals surface area contributed by atoms with Gasteiger partial charge >= 0.3 is 5.97 Å². The Morgan fingerprint density at radius 1 is 1.25 bits per heavy atom. The van der Waals surface area contributed by atoms with Crippen LogP contribution < -0.4 is 5.32 Å². The van der Waals surface area contributed by atoms with Crippen molar-refractivity contribution in [1.82, 2.24) is 0 Å². The molecule has 0 aliphatic carbocycles. The number of fused-ring (bicyclic) bond motifs is 1. The molecular formula is C11H11N3O6. The summed E-state index contributed by atoms with van der Waals surface area (Å²) in [5, 5.41) is 24.7. The molecule has 20 heavy (non-hydrogen) atoms. The predicted molar refractivity (Wildman–Crippen MR) is 67.7 cm³/mol. The van der Waals surface area contributed by atoms with Crippen molar-refractivity contribution < 1.29 is 19.4 Å². The number of nitro groups is 2. The summed E-state index contributed by atoms with van der Waals surface area (Å²) >= 11 is 0. The molecule has 1 heterocycles. The summed E-state index contributed by atoms with van der Waals surface area (Å²) in [6.07, 6.45) is 0. The molecule has 1 aromatic carbocycles. The van der Waals surface area contributed by atoms with Crippen LogP contribution in [0.4, 0.5) is 17.1 Å². The van der Waals surface area contributed by atoms with Crippen LogP contribution in [-0.4, -0.2) is 28.0 Å². The van der Waals surface area contributed by atoms with E-state index in [-0.39, 0.29) is 17.9 Å². The van der Waals surface area contributed by atoms with Crippen LogP contribution in [0.15, 0.2) is 12.1 Å². The van der Waals surface area contributed by atoms with E-state index < -0.39 is 32.7 Å². The van der Waals surface area contributed by atoms with Gasteiger partial charge in [-0.2, -0.15) is 0 Å². The summed E-state index contributed by atoms with van der Waals surface area (Å²) in [6.45, 7) is 3.38. The molecular weight excluding hydrogens is 270 g/mol. The summed E-state index contributed by atoms with van der Waals surface area (Å²) in [6, 6.07) is 1.79. The largest absolute Gasteiger partial charge is 0.460 e. The first-order valence-corrected chi connectivity index (χ1v) is 5.63. The standard InChI is InChI=1S/C11H11N3O6/c1-11(2)5-20-10(15)7-3-6(13(16)17)4-8(14(18)19)9(7)12-11/h3-4,12H,5H2,1-2H3. The predicted octanol–water partition coefficient (Wildman–Crippen LogP) is 1.86. The van der Waals surface area contributed by atoms with E-state index in [1.54, 1.807) is 13.8 Å². The second-order valence-electron chi connectivity index (χ2n) is 4.99. The van der Waals surface area contributed by atoms with Crippen molar-refractivity contribution in [2.24, 2.45) is 0 Å². The van der Waals surface area contributed by atoms with Crippen LogP contribution in [-0.2, 0) is 4.74 Å². The van der Waals surface area contributed by atoms with Crippen molar-refractivity contribution in [2.75, 3.05) is 11.9 Å². The molecule has 1 aliphatic rings. The highest BCUT2D eigenvalue weighted by Crippen LogP contribution is 2.37. The van der Waals surface area contributed by atoms with Crippen molar-refractivity contribution in [3.8, 4) is 0 Å². The van der Waals surface area contributed by atoms with Crippen molar-refractivity contribution in [2.45, 2.75) is 19.4 Å². The van der Waals surface area contributed by atoms with Crippen molar-refractivity contribution >= 4 is 23.0 Å². The van der Waals surface area contributed by atoms with Gasteiger partial charge in [-0.1, -0.05) is 0 Å². The minimum absolute atomic E-state index is 0.00847. The monoisotopic (exact) mass is 281 g/mol. The molecule has 0 atom stereocenters. The highest BCUT2D eigenvalue weighted by molar-refractivity contribution is 6.00. The number of nitro benzene ring substituents is 2. The molecule has 106 valence electrons. The van der Waals surface area contributed by atoms with Gasteiger partial charge in [0.25, 0.3) is 11.4 Å². The zero-order chi connectivity index (χ0) is 15.1. The Labute approximate surface area is 112 Å². The fourth-order valence-electron chi connectivity index (χ4n) is 1.85. The van der Waals surface area contributed by atoms with Crippen molar-refractivity contribution in [3.05, 3.63) is 37.9 Å². The number of carbonyl (C=O) groups excluding carboxylic acids is 1. The molecule has 2 rings (SSSR count). The van der Waals surface area contributed by atoms with Crippen molar-refractivity contribution in [1.29, 1.82) is 0 Å². The van der Waals surface area contributed by atoms with Gasteiger partial charge in [0.2, 0.25) is 0 Å². The number of carbonyl (C=O) groups is 1. The molecule has 9 nitrogen and oxygen atoms in total. The molecule has 0 radical (unpaired) electrons. The van der Waals surface area contributed by atoms with Gasteiger partial charge in [0.05, 0.1) is 27.0 Å². The smallest absolute Gasteiger partial charge is 0.340 e. The Morgan fingerprint density at radius 3 is 2.45 bits per heavy atom. The number of hydrogen-bond donors (Lipinski definition) is 1. The maximum Gasteiger partial charge on any atom is 0.340 e. The summed E-state index contributed by atoms with van der Waals surface area (Å²) in [7, 11) is 0. The maximum absolute atomic E-state index is 11.8. The first-order valence-electron chi connectivity index (χ1n) is 5.63. The number of anilines is 1.